The molecular weight excluding hydrogens is 356 g/mol. The third-order valence-electron chi connectivity index (χ3n) is 4.33. The number of fused-ring (bicyclic) bond motifs is 1. The number of rotatable bonds is 4. The number of benzene rings is 2. The quantitative estimate of drug-likeness (QED) is 0.719. The summed E-state index contributed by atoms with van der Waals surface area (Å²) in [5.74, 6) is 1.32. The maximum atomic E-state index is 12.6. The van der Waals surface area contributed by atoms with Gasteiger partial charge >= 0.3 is 0 Å². The van der Waals surface area contributed by atoms with Gasteiger partial charge in [0.1, 0.15) is 18.9 Å². The molecule has 0 saturated carbocycles. The number of aryl methyl sites for hydroxylation is 2. The molecule has 1 aromatic heterocycles. The standard InChI is InChI=1S/C21H20N4O3/c1-13-3-4-14(2)17(11-13)25-21-22-8-7-16(24-21)20(26)23-15-5-6-18-19(12-15)28-10-9-27-18/h3-8,11-12H,9-10H2,1-2H3,(H,23,26)(H,22,24,25). The lowest BCUT2D eigenvalue weighted by atomic mass is 10.1. The molecule has 0 saturated heterocycles. The molecule has 1 amide bonds. The van der Waals surface area contributed by atoms with Crippen LogP contribution in [0.3, 0.4) is 0 Å². The fourth-order valence-electron chi connectivity index (χ4n) is 2.85. The second kappa shape index (κ2) is 7.56. The Kier molecular flexibility index (Phi) is 4.80. The summed E-state index contributed by atoms with van der Waals surface area (Å²) in [7, 11) is 0. The molecule has 0 aliphatic carbocycles. The van der Waals surface area contributed by atoms with E-state index in [-0.39, 0.29) is 11.6 Å². The highest BCUT2D eigenvalue weighted by atomic mass is 16.6. The van der Waals surface area contributed by atoms with Crippen LogP contribution < -0.4 is 20.1 Å². The number of ether oxygens (including phenoxy) is 2. The summed E-state index contributed by atoms with van der Waals surface area (Å²) in [6.07, 6.45) is 1.55. The summed E-state index contributed by atoms with van der Waals surface area (Å²) in [5.41, 5.74) is 3.97. The highest BCUT2D eigenvalue weighted by Gasteiger charge is 2.14. The Labute approximate surface area is 162 Å². The van der Waals surface area contributed by atoms with E-state index in [0.29, 0.717) is 36.3 Å². The topological polar surface area (TPSA) is 85.4 Å². The van der Waals surface area contributed by atoms with Crippen molar-refractivity contribution >= 4 is 23.2 Å². The minimum Gasteiger partial charge on any atom is -0.486 e. The van der Waals surface area contributed by atoms with Crippen molar-refractivity contribution in [2.24, 2.45) is 0 Å². The number of aromatic nitrogens is 2. The summed E-state index contributed by atoms with van der Waals surface area (Å²) < 4.78 is 11.0. The van der Waals surface area contributed by atoms with E-state index in [1.807, 2.05) is 32.0 Å². The molecule has 0 unspecified atom stereocenters. The van der Waals surface area contributed by atoms with Crippen LogP contribution in [0.4, 0.5) is 17.3 Å². The Bertz CT molecular complexity index is 1040. The third-order valence-corrected chi connectivity index (χ3v) is 4.33. The Morgan fingerprint density at radius 3 is 2.68 bits per heavy atom. The summed E-state index contributed by atoms with van der Waals surface area (Å²) in [4.78, 5) is 21.2. The Balaban J connectivity index is 1.51. The number of nitrogens with zero attached hydrogens (tertiary/aromatic N) is 2. The highest BCUT2D eigenvalue weighted by molar-refractivity contribution is 6.03. The van der Waals surface area contributed by atoms with Gasteiger partial charge < -0.3 is 20.1 Å². The van der Waals surface area contributed by atoms with E-state index in [9.17, 15) is 4.79 Å². The molecule has 0 atom stereocenters. The van der Waals surface area contributed by atoms with Gasteiger partial charge in [-0.15, -0.1) is 0 Å². The Morgan fingerprint density at radius 1 is 1.00 bits per heavy atom. The molecular formula is C21H20N4O3. The minimum absolute atomic E-state index is 0.262. The first-order valence-electron chi connectivity index (χ1n) is 8.97. The molecule has 4 rings (SSSR count). The number of hydrogen-bond donors (Lipinski definition) is 2. The van der Waals surface area contributed by atoms with Gasteiger partial charge in [-0.2, -0.15) is 0 Å². The summed E-state index contributed by atoms with van der Waals surface area (Å²) in [6, 6.07) is 12.9. The predicted octanol–water partition coefficient (Wildman–Crippen LogP) is 3.86. The van der Waals surface area contributed by atoms with Gasteiger partial charge in [0, 0.05) is 23.6 Å². The van der Waals surface area contributed by atoms with Gasteiger partial charge in [-0.3, -0.25) is 4.79 Å². The maximum absolute atomic E-state index is 12.6. The number of carbonyl (C=O) groups is 1. The first kappa shape index (κ1) is 17.8. The molecule has 1 aliphatic rings. The number of amides is 1. The fraction of sp³-hybridized carbons (Fsp3) is 0.190. The van der Waals surface area contributed by atoms with Gasteiger partial charge in [0.15, 0.2) is 11.5 Å². The van der Waals surface area contributed by atoms with Crippen molar-refractivity contribution in [1.29, 1.82) is 0 Å². The number of carbonyl (C=O) groups excluding carboxylic acids is 1. The van der Waals surface area contributed by atoms with Crippen LogP contribution in [0.1, 0.15) is 21.6 Å². The molecule has 28 heavy (non-hydrogen) atoms. The lowest BCUT2D eigenvalue weighted by molar-refractivity contribution is 0.102. The van der Waals surface area contributed by atoms with Crippen LogP contribution in [0.5, 0.6) is 11.5 Å². The lowest BCUT2D eigenvalue weighted by Crippen LogP contribution is -2.17. The highest BCUT2D eigenvalue weighted by Crippen LogP contribution is 2.32. The largest absolute Gasteiger partial charge is 0.486 e. The number of anilines is 3. The summed E-state index contributed by atoms with van der Waals surface area (Å²) in [6.45, 7) is 5.03. The second-order valence-electron chi connectivity index (χ2n) is 6.52. The van der Waals surface area contributed by atoms with Crippen LogP contribution in [0.15, 0.2) is 48.7 Å². The molecule has 0 spiro atoms. The molecule has 3 aromatic rings. The monoisotopic (exact) mass is 376 g/mol. The van der Waals surface area contributed by atoms with Crippen molar-refractivity contribution in [3.05, 3.63) is 65.5 Å². The van der Waals surface area contributed by atoms with E-state index < -0.39 is 0 Å². The number of nitrogens with one attached hydrogen (secondary N) is 2. The minimum atomic E-state index is -0.330. The van der Waals surface area contributed by atoms with Gasteiger partial charge in [0.25, 0.3) is 5.91 Å². The molecule has 1 aliphatic heterocycles. The maximum Gasteiger partial charge on any atom is 0.274 e. The molecule has 7 heteroatoms. The van der Waals surface area contributed by atoms with E-state index in [1.165, 1.54) is 0 Å². The zero-order valence-electron chi connectivity index (χ0n) is 15.7. The summed E-state index contributed by atoms with van der Waals surface area (Å²) in [5, 5.41) is 6.00. The van der Waals surface area contributed by atoms with Gasteiger partial charge in [0.2, 0.25) is 5.95 Å². The van der Waals surface area contributed by atoms with Crippen molar-refractivity contribution in [2.45, 2.75) is 13.8 Å². The molecule has 7 nitrogen and oxygen atoms in total. The van der Waals surface area contributed by atoms with E-state index in [0.717, 1.165) is 16.8 Å². The van der Waals surface area contributed by atoms with Crippen molar-refractivity contribution < 1.29 is 14.3 Å². The second-order valence-corrected chi connectivity index (χ2v) is 6.52. The molecule has 0 radical (unpaired) electrons. The first-order chi connectivity index (χ1) is 13.6. The normalized spacial score (nSPS) is 12.4. The van der Waals surface area contributed by atoms with Crippen molar-refractivity contribution in [3.8, 4) is 11.5 Å². The van der Waals surface area contributed by atoms with E-state index in [4.69, 9.17) is 9.47 Å². The fourth-order valence-corrected chi connectivity index (χ4v) is 2.85. The molecule has 2 N–H and O–H groups in total. The van der Waals surface area contributed by atoms with Crippen LogP contribution in [-0.4, -0.2) is 29.1 Å². The summed E-state index contributed by atoms with van der Waals surface area (Å²) >= 11 is 0. The lowest BCUT2D eigenvalue weighted by Gasteiger charge is -2.19. The Hall–Kier alpha value is -3.61. The molecule has 0 bridgehead atoms. The predicted molar refractivity (Wildman–Crippen MR) is 107 cm³/mol. The third kappa shape index (κ3) is 3.88. The van der Waals surface area contributed by atoms with Gasteiger partial charge in [-0.05, 0) is 49.2 Å². The van der Waals surface area contributed by atoms with Crippen molar-refractivity contribution in [1.82, 2.24) is 9.97 Å². The SMILES string of the molecule is Cc1ccc(C)c(Nc2nccc(C(=O)Nc3ccc4c(c3)OCCO4)n2)c1. The van der Waals surface area contributed by atoms with Crippen molar-refractivity contribution in [3.63, 3.8) is 0 Å². The molecule has 2 aromatic carbocycles. The van der Waals surface area contributed by atoms with Crippen LogP contribution in [0.25, 0.3) is 0 Å². The van der Waals surface area contributed by atoms with Gasteiger partial charge in [0.05, 0.1) is 0 Å². The van der Waals surface area contributed by atoms with Gasteiger partial charge in [-0.1, -0.05) is 12.1 Å². The van der Waals surface area contributed by atoms with Crippen molar-refractivity contribution in [2.75, 3.05) is 23.8 Å². The molecule has 142 valence electrons. The molecule has 2 heterocycles. The average Bonchev–Trinajstić information content (AvgIpc) is 2.71. The molecule has 0 fully saturated rings. The smallest absolute Gasteiger partial charge is 0.274 e. The van der Waals surface area contributed by atoms with E-state index >= 15 is 0 Å². The number of hydrogen-bond acceptors (Lipinski definition) is 6. The van der Waals surface area contributed by atoms with Crippen LogP contribution in [0, 0.1) is 13.8 Å². The van der Waals surface area contributed by atoms with E-state index in [1.54, 1.807) is 30.5 Å². The Morgan fingerprint density at radius 2 is 1.82 bits per heavy atom. The van der Waals surface area contributed by atoms with Crippen LogP contribution in [-0.2, 0) is 0 Å². The van der Waals surface area contributed by atoms with Gasteiger partial charge in [-0.25, -0.2) is 9.97 Å². The first-order valence-corrected chi connectivity index (χ1v) is 8.97. The van der Waals surface area contributed by atoms with Crippen LogP contribution >= 0.6 is 0 Å². The zero-order chi connectivity index (χ0) is 19.5. The zero-order valence-corrected chi connectivity index (χ0v) is 15.7. The van der Waals surface area contributed by atoms with Crippen LogP contribution in [0.2, 0.25) is 0 Å². The van der Waals surface area contributed by atoms with E-state index in [2.05, 4.69) is 20.6 Å². The average molecular weight is 376 g/mol.